The summed E-state index contributed by atoms with van der Waals surface area (Å²) in [5.74, 6) is -1.37. The van der Waals surface area contributed by atoms with Crippen molar-refractivity contribution in [3.05, 3.63) is 143 Å². The molecule has 4 aromatic rings. The number of carbonyl (C=O) groups is 2. The average molecular weight is 552 g/mol. The Morgan fingerprint density at radius 2 is 1.25 bits per heavy atom. The van der Waals surface area contributed by atoms with Crippen LogP contribution in [0.25, 0.3) is 17.2 Å². The predicted octanol–water partition coefficient (Wildman–Crippen LogP) is 6.36. The summed E-state index contributed by atoms with van der Waals surface area (Å²) in [6.45, 7) is 2.14. The van der Waals surface area contributed by atoms with Crippen molar-refractivity contribution in [3.8, 4) is 0 Å². The van der Waals surface area contributed by atoms with Gasteiger partial charge in [0.25, 0.3) is 15.9 Å². The molecule has 6 nitrogen and oxygen atoms in total. The summed E-state index contributed by atoms with van der Waals surface area (Å²) in [7, 11) is -2.87. The highest BCUT2D eigenvalue weighted by Crippen LogP contribution is 2.34. The van der Waals surface area contributed by atoms with E-state index in [9.17, 15) is 18.0 Å². The van der Waals surface area contributed by atoms with Gasteiger partial charge in [-0.1, -0.05) is 91.9 Å². The van der Waals surface area contributed by atoms with Gasteiger partial charge < -0.3 is 4.74 Å². The first-order valence-electron chi connectivity index (χ1n) is 12.7. The van der Waals surface area contributed by atoms with Crippen LogP contribution in [0.3, 0.4) is 0 Å². The van der Waals surface area contributed by atoms with E-state index < -0.39 is 21.9 Å². The van der Waals surface area contributed by atoms with Gasteiger partial charge in [-0.2, -0.15) is 0 Å². The van der Waals surface area contributed by atoms with Gasteiger partial charge in [0.05, 0.1) is 17.6 Å². The molecule has 40 heavy (non-hydrogen) atoms. The number of nitrogens with one attached hydrogen (secondary N) is 1. The van der Waals surface area contributed by atoms with Crippen LogP contribution in [0.15, 0.2) is 120 Å². The Morgan fingerprint density at radius 1 is 0.725 bits per heavy atom. The predicted molar refractivity (Wildman–Crippen MR) is 158 cm³/mol. The van der Waals surface area contributed by atoms with E-state index in [2.05, 4.69) is 35.9 Å². The number of esters is 1. The molecule has 0 saturated heterocycles. The lowest BCUT2D eigenvalue weighted by Gasteiger charge is -2.16. The summed E-state index contributed by atoms with van der Waals surface area (Å²) in [6, 6.07) is 33.4. The maximum absolute atomic E-state index is 12.6. The van der Waals surface area contributed by atoms with Crippen molar-refractivity contribution in [1.82, 2.24) is 4.72 Å². The number of allylic oxidation sites excluding steroid dienone is 1. The first-order chi connectivity index (χ1) is 19.3. The van der Waals surface area contributed by atoms with Gasteiger partial charge in [-0.05, 0) is 70.2 Å². The second kappa shape index (κ2) is 12.9. The van der Waals surface area contributed by atoms with Gasteiger partial charge in [-0.25, -0.2) is 17.9 Å². The maximum Gasteiger partial charge on any atom is 0.337 e. The van der Waals surface area contributed by atoms with Crippen molar-refractivity contribution < 1.29 is 22.7 Å². The van der Waals surface area contributed by atoms with Crippen molar-refractivity contribution >= 4 is 39.1 Å². The second-order valence-electron chi connectivity index (χ2n) is 8.88. The maximum atomic E-state index is 12.6. The van der Waals surface area contributed by atoms with Crippen LogP contribution < -0.4 is 4.72 Å². The van der Waals surface area contributed by atoms with Crippen LogP contribution in [0.5, 0.6) is 0 Å². The summed E-state index contributed by atoms with van der Waals surface area (Å²) in [5.41, 5.74) is 6.60. The molecule has 1 amide bonds. The number of hydrogen-bond donors (Lipinski definition) is 1. The fourth-order valence-corrected chi connectivity index (χ4v) is 5.28. The standard InChI is InChI=1S/C33H29NO5S/c1-3-30(25-10-6-4-7-11-25)32(26-12-8-5-9-13-26)27-17-14-24(15-18-27)16-23-31(35)34-40(37,38)29-21-19-28(20-22-29)33(36)39-2/h4-23H,3H2,1-2H3,(H,34,35). The zero-order chi connectivity index (χ0) is 28.5. The molecule has 4 aromatic carbocycles. The average Bonchev–Trinajstić information content (AvgIpc) is 2.99. The molecule has 0 aliphatic carbocycles. The molecule has 0 unspecified atom stereocenters. The third-order valence-electron chi connectivity index (χ3n) is 6.29. The molecule has 1 N–H and O–H groups in total. The lowest BCUT2D eigenvalue weighted by Crippen LogP contribution is -2.29. The Morgan fingerprint density at radius 3 is 1.80 bits per heavy atom. The van der Waals surface area contributed by atoms with E-state index in [-0.39, 0.29) is 10.5 Å². The van der Waals surface area contributed by atoms with Gasteiger partial charge >= 0.3 is 5.97 Å². The number of rotatable bonds is 9. The van der Waals surface area contributed by atoms with Crippen LogP contribution in [0, 0.1) is 0 Å². The molecule has 0 radical (unpaired) electrons. The van der Waals surface area contributed by atoms with Crippen molar-refractivity contribution in [2.24, 2.45) is 0 Å². The van der Waals surface area contributed by atoms with E-state index >= 15 is 0 Å². The zero-order valence-electron chi connectivity index (χ0n) is 22.2. The molecule has 0 aliphatic heterocycles. The quantitative estimate of drug-likeness (QED) is 0.149. The van der Waals surface area contributed by atoms with Crippen LogP contribution in [0.2, 0.25) is 0 Å². The molecular weight excluding hydrogens is 522 g/mol. The molecule has 7 heteroatoms. The molecule has 0 atom stereocenters. The summed E-state index contributed by atoms with van der Waals surface area (Å²) in [4.78, 5) is 23.8. The van der Waals surface area contributed by atoms with Crippen molar-refractivity contribution in [2.45, 2.75) is 18.2 Å². The smallest absolute Gasteiger partial charge is 0.337 e. The molecule has 0 bridgehead atoms. The Bertz CT molecular complexity index is 1640. The Hall–Kier alpha value is -4.75. The fourth-order valence-electron chi connectivity index (χ4n) is 4.33. The largest absolute Gasteiger partial charge is 0.465 e. The number of ether oxygens (including phenoxy) is 1. The third kappa shape index (κ3) is 6.81. The van der Waals surface area contributed by atoms with E-state index in [0.29, 0.717) is 0 Å². The molecule has 4 rings (SSSR count). The van der Waals surface area contributed by atoms with Crippen molar-refractivity contribution in [2.75, 3.05) is 7.11 Å². The van der Waals surface area contributed by atoms with E-state index in [4.69, 9.17) is 0 Å². The molecule has 0 spiro atoms. The van der Waals surface area contributed by atoms with Gasteiger partial charge in [0.15, 0.2) is 0 Å². The number of methoxy groups -OCH3 is 1. The minimum absolute atomic E-state index is 0.142. The van der Waals surface area contributed by atoms with Gasteiger partial charge in [0.2, 0.25) is 0 Å². The number of carbonyl (C=O) groups excluding carboxylic acids is 2. The normalized spacial score (nSPS) is 12.1. The Kier molecular flexibility index (Phi) is 9.09. The van der Waals surface area contributed by atoms with E-state index in [1.54, 1.807) is 6.08 Å². The monoisotopic (exact) mass is 551 g/mol. The topological polar surface area (TPSA) is 89.5 Å². The minimum Gasteiger partial charge on any atom is -0.465 e. The molecule has 0 fully saturated rings. The molecule has 202 valence electrons. The summed E-state index contributed by atoms with van der Waals surface area (Å²) >= 11 is 0. The number of benzene rings is 4. The van der Waals surface area contributed by atoms with Crippen molar-refractivity contribution in [3.63, 3.8) is 0 Å². The lowest BCUT2D eigenvalue weighted by molar-refractivity contribution is -0.114. The summed E-state index contributed by atoms with van der Waals surface area (Å²) < 4.78 is 31.8. The summed E-state index contributed by atoms with van der Waals surface area (Å²) in [6.07, 6.45) is 3.57. The highest BCUT2D eigenvalue weighted by atomic mass is 32.2. The van der Waals surface area contributed by atoms with Crippen LogP contribution >= 0.6 is 0 Å². The molecule has 0 aromatic heterocycles. The second-order valence-corrected chi connectivity index (χ2v) is 10.6. The van der Waals surface area contributed by atoms with Crippen LogP contribution in [-0.2, 0) is 19.6 Å². The lowest BCUT2D eigenvalue weighted by atomic mass is 9.88. The van der Waals surface area contributed by atoms with E-state index in [1.807, 2.05) is 65.4 Å². The molecule has 0 saturated carbocycles. The fraction of sp³-hybridized carbons (Fsp3) is 0.0909. The van der Waals surface area contributed by atoms with Gasteiger partial charge in [-0.15, -0.1) is 0 Å². The SMILES string of the molecule is CCC(=C(c1ccccc1)c1ccc(C=CC(=O)NS(=O)(=O)c2ccc(C(=O)OC)cc2)cc1)c1ccccc1. The molecular formula is C33H29NO5S. The number of amides is 1. The van der Waals surface area contributed by atoms with Gasteiger partial charge in [0, 0.05) is 6.08 Å². The molecule has 0 aliphatic rings. The van der Waals surface area contributed by atoms with Crippen molar-refractivity contribution in [1.29, 1.82) is 0 Å². The van der Waals surface area contributed by atoms with Crippen LogP contribution in [-0.4, -0.2) is 27.4 Å². The Labute approximate surface area is 234 Å². The van der Waals surface area contributed by atoms with Crippen LogP contribution in [0.1, 0.15) is 46.0 Å². The first-order valence-corrected chi connectivity index (χ1v) is 14.2. The number of hydrogen-bond acceptors (Lipinski definition) is 5. The Balaban J connectivity index is 1.54. The van der Waals surface area contributed by atoms with E-state index in [0.717, 1.165) is 34.2 Å². The van der Waals surface area contributed by atoms with Crippen LogP contribution in [0.4, 0.5) is 0 Å². The molecule has 0 heterocycles. The summed E-state index contributed by atoms with van der Waals surface area (Å²) in [5, 5.41) is 0. The zero-order valence-corrected chi connectivity index (χ0v) is 23.0. The highest BCUT2D eigenvalue weighted by molar-refractivity contribution is 7.90. The third-order valence-corrected chi connectivity index (χ3v) is 7.65. The number of sulfonamides is 1. The van der Waals surface area contributed by atoms with E-state index in [1.165, 1.54) is 43.0 Å². The highest BCUT2D eigenvalue weighted by Gasteiger charge is 2.17. The minimum atomic E-state index is -4.11. The van der Waals surface area contributed by atoms with Gasteiger partial charge in [-0.3, -0.25) is 4.79 Å². The van der Waals surface area contributed by atoms with Gasteiger partial charge in [0.1, 0.15) is 0 Å². The first kappa shape index (κ1) is 28.3.